The van der Waals surface area contributed by atoms with Crippen molar-refractivity contribution in [3.8, 4) is 0 Å². The van der Waals surface area contributed by atoms with Gasteiger partial charge in [0.2, 0.25) is 0 Å². The summed E-state index contributed by atoms with van der Waals surface area (Å²) in [5.74, 6) is 1.54. The van der Waals surface area contributed by atoms with Gasteiger partial charge >= 0.3 is 0 Å². The van der Waals surface area contributed by atoms with Gasteiger partial charge in [0.1, 0.15) is 22.4 Å². The van der Waals surface area contributed by atoms with E-state index in [-0.39, 0.29) is 0 Å². The van der Waals surface area contributed by atoms with Crippen LogP contribution in [-0.4, -0.2) is 16.5 Å². The fraction of sp³-hybridized carbons (Fsp3) is 0.167. The van der Waals surface area contributed by atoms with Gasteiger partial charge in [-0.05, 0) is 63.6 Å². The van der Waals surface area contributed by atoms with Crippen molar-refractivity contribution in [3.63, 3.8) is 0 Å². The van der Waals surface area contributed by atoms with Crippen LogP contribution in [0.3, 0.4) is 0 Å². The van der Waals surface area contributed by atoms with E-state index in [1.165, 1.54) is 3.57 Å². The summed E-state index contributed by atoms with van der Waals surface area (Å²) < 4.78 is 2.01. The second-order valence-corrected chi connectivity index (χ2v) is 5.59. The van der Waals surface area contributed by atoms with Gasteiger partial charge in [0.15, 0.2) is 0 Å². The number of benzene rings is 1. The fourth-order valence-corrected chi connectivity index (χ4v) is 2.44. The zero-order chi connectivity index (χ0) is 13.0. The molecule has 0 fully saturated rings. The van der Waals surface area contributed by atoms with Crippen LogP contribution in [0.4, 0.5) is 17.3 Å². The van der Waals surface area contributed by atoms with Gasteiger partial charge in [0.05, 0.1) is 0 Å². The molecule has 18 heavy (non-hydrogen) atoms. The second kappa shape index (κ2) is 6.33. The molecule has 0 atom stereocenters. The van der Waals surface area contributed by atoms with Crippen LogP contribution in [0, 0.1) is 3.57 Å². The van der Waals surface area contributed by atoms with Crippen LogP contribution in [0.1, 0.15) is 6.92 Å². The Kier molecular flexibility index (Phi) is 4.76. The molecule has 0 unspecified atom stereocenters. The van der Waals surface area contributed by atoms with Crippen molar-refractivity contribution in [2.45, 2.75) is 6.92 Å². The van der Waals surface area contributed by atoms with Gasteiger partial charge in [0, 0.05) is 15.8 Å². The van der Waals surface area contributed by atoms with Gasteiger partial charge in [-0.25, -0.2) is 9.97 Å². The summed E-state index contributed by atoms with van der Waals surface area (Å²) >= 11 is 5.79. The van der Waals surface area contributed by atoms with Crippen LogP contribution in [0.5, 0.6) is 0 Å². The maximum atomic E-state index is 4.23. The van der Waals surface area contributed by atoms with E-state index in [4.69, 9.17) is 0 Å². The Morgan fingerprint density at radius 1 is 1.28 bits per heavy atom. The Morgan fingerprint density at radius 2 is 2.06 bits per heavy atom. The van der Waals surface area contributed by atoms with E-state index in [1.54, 1.807) is 6.33 Å². The molecule has 0 saturated heterocycles. The zero-order valence-electron chi connectivity index (χ0n) is 9.74. The summed E-state index contributed by atoms with van der Waals surface area (Å²) in [7, 11) is 0. The summed E-state index contributed by atoms with van der Waals surface area (Å²) in [6, 6.07) is 8.11. The van der Waals surface area contributed by atoms with Crippen LogP contribution in [0.15, 0.2) is 35.1 Å². The number of rotatable bonds is 4. The molecule has 1 aromatic heterocycles. The summed E-state index contributed by atoms with van der Waals surface area (Å²) in [5.41, 5.74) is 1.00. The standard InChI is InChI=1S/C12H12BrIN4/c1-2-15-11-10(13)12(17-7-16-11)18-9-5-3-4-8(14)6-9/h3-7H,2H2,1H3,(H2,15,16,17,18). The molecule has 1 aromatic carbocycles. The van der Waals surface area contributed by atoms with Crippen molar-refractivity contribution in [2.75, 3.05) is 17.2 Å². The van der Waals surface area contributed by atoms with E-state index in [1.807, 2.05) is 25.1 Å². The Morgan fingerprint density at radius 3 is 2.78 bits per heavy atom. The number of nitrogens with one attached hydrogen (secondary N) is 2. The molecule has 0 aliphatic heterocycles. The summed E-state index contributed by atoms with van der Waals surface area (Å²) in [6.45, 7) is 2.85. The monoisotopic (exact) mass is 418 g/mol. The van der Waals surface area contributed by atoms with Gasteiger partial charge in [-0.2, -0.15) is 0 Å². The molecule has 2 aromatic rings. The highest BCUT2D eigenvalue weighted by Gasteiger charge is 2.08. The molecule has 0 bridgehead atoms. The number of halogens is 2. The van der Waals surface area contributed by atoms with E-state index in [2.05, 4.69) is 65.2 Å². The molecule has 0 saturated carbocycles. The van der Waals surface area contributed by atoms with Gasteiger partial charge in [-0.1, -0.05) is 6.07 Å². The first kappa shape index (κ1) is 13.5. The van der Waals surface area contributed by atoms with E-state index in [0.29, 0.717) is 0 Å². The van der Waals surface area contributed by atoms with Gasteiger partial charge in [-0.15, -0.1) is 0 Å². The van der Waals surface area contributed by atoms with E-state index in [0.717, 1.165) is 28.3 Å². The Hall–Kier alpha value is -0.890. The third-order valence-electron chi connectivity index (χ3n) is 2.22. The van der Waals surface area contributed by atoms with Gasteiger partial charge < -0.3 is 10.6 Å². The van der Waals surface area contributed by atoms with Gasteiger partial charge in [-0.3, -0.25) is 0 Å². The quantitative estimate of drug-likeness (QED) is 0.736. The Bertz CT molecular complexity index is 547. The molecule has 0 spiro atoms. The lowest BCUT2D eigenvalue weighted by molar-refractivity contribution is 1.10. The molecule has 4 nitrogen and oxygen atoms in total. The van der Waals surface area contributed by atoms with Crippen molar-refractivity contribution < 1.29 is 0 Å². The molecule has 2 rings (SSSR count). The van der Waals surface area contributed by atoms with Crippen LogP contribution >= 0.6 is 38.5 Å². The van der Waals surface area contributed by atoms with Crippen molar-refractivity contribution >= 4 is 55.8 Å². The molecule has 1 heterocycles. The molecular weight excluding hydrogens is 407 g/mol. The smallest absolute Gasteiger partial charge is 0.150 e. The Labute approximate surface area is 128 Å². The molecule has 0 amide bonds. The normalized spacial score (nSPS) is 10.2. The number of aromatic nitrogens is 2. The maximum absolute atomic E-state index is 4.23. The number of hydrogen-bond donors (Lipinski definition) is 2. The lowest BCUT2D eigenvalue weighted by atomic mass is 10.3. The highest BCUT2D eigenvalue weighted by molar-refractivity contribution is 14.1. The van der Waals surface area contributed by atoms with Crippen LogP contribution < -0.4 is 10.6 Å². The predicted molar refractivity (Wildman–Crippen MR) is 86.3 cm³/mol. The first-order chi connectivity index (χ1) is 8.70. The molecule has 0 radical (unpaired) electrons. The van der Waals surface area contributed by atoms with Gasteiger partial charge in [0.25, 0.3) is 0 Å². The minimum atomic E-state index is 0.753. The molecule has 6 heteroatoms. The molecule has 2 N–H and O–H groups in total. The Balaban J connectivity index is 2.26. The van der Waals surface area contributed by atoms with Crippen LogP contribution in [-0.2, 0) is 0 Å². The maximum Gasteiger partial charge on any atom is 0.150 e. The first-order valence-corrected chi connectivity index (χ1v) is 7.35. The fourth-order valence-electron chi connectivity index (χ4n) is 1.45. The first-order valence-electron chi connectivity index (χ1n) is 5.47. The number of anilines is 3. The summed E-state index contributed by atoms with van der Waals surface area (Å²) in [4.78, 5) is 8.41. The van der Waals surface area contributed by atoms with E-state index in [9.17, 15) is 0 Å². The highest BCUT2D eigenvalue weighted by atomic mass is 127. The second-order valence-electron chi connectivity index (χ2n) is 3.55. The van der Waals surface area contributed by atoms with Crippen molar-refractivity contribution in [1.29, 1.82) is 0 Å². The van der Waals surface area contributed by atoms with E-state index < -0.39 is 0 Å². The number of hydrogen-bond acceptors (Lipinski definition) is 4. The van der Waals surface area contributed by atoms with Crippen LogP contribution in [0.2, 0.25) is 0 Å². The SMILES string of the molecule is CCNc1ncnc(Nc2cccc(I)c2)c1Br. The van der Waals surface area contributed by atoms with Crippen molar-refractivity contribution in [1.82, 2.24) is 9.97 Å². The topological polar surface area (TPSA) is 49.8 Å². The minimum absolute atomic E-state index is 0.753. The summed E-state index contributed by atoms with van der Waals surface area (Å²) in [5, 5.41) is 6.44. The summed E-state index contributed by atoms with van der Waals surface area (Å²) in [6.07, 6.45) is 1.54. The molecule has 0 aliphatic rings. The third-order valence-corrected chi connectivity index (χ3v) is 3.64. The lowest BCUT2D eigenvalue weighted by Crippen LogP contribution is -2.03. The minimum Gasteiger partial charge on any atom is -0.369 e. The largest absolute Gasteiger partial charge is 0.369 e. The average molecular weight is 419 g/mol. The highest BCUT2D eigenvalue weighted by Crippen LogP contribution is 2.29. The van der Waals surface area contributed by atoms with E-state index >= 15 is 0 Å². The molecular formula is C12H12BrIN4. The average Bonchev–Trinajstić information content (AvgIpc) is 2.35. The van der Waals surface area contributed by atoms with Crippen molar-refractivity contribution in [3.05, 3.63) is 38.6 Å². The van der Waals surface area contributed by atoms with Crippen LogP contribution in [0.25, 0.3) is 0 Å². The predicted octanol–water partition coefficient (Wildman–Crippen LogP) is 4.02. The molecule has 94 valence electrons. The molecule has 0 aliphatic carbocycles. The lowest BCUT2D eigenvalue weighted by Gasteiger charge is -2.10. The van der Waals surface area contributed by atoms with Crippen molar-refractivity contribution in [2.24, 2.45) is 0 Å². The number of nitrogens with zero attached hydrogens (tertiary/aromatic N) is 2. The zero-order valence-corrected chi connectivity index (χ0v) is 13.5. The third kappa shape index (κ3) is 3.32.